The highest BCUT2D eigenvalue weighted by Gasteiger charge is 2.34. The molecule has 3 amide bonds. The summed E-state index contributed by atoms with van der Waals surface area (Å²) in [5.74, 6) is -0.436. The van der Waals surface area contributed by atoms with Gasteiger partial charge < -0.3 is 15.1 Å². The van der Waals surface area contributed by atoms with E-state index >= 15 is 0 Å². The van der Waals surface area contributed by atoms with Crippen LogP contribution in [-0.2, 0) is 9.59 Å². The predicted octanol–water partition coefficient (Wildman–Crippen LogP) is 3.26. The number of likely N-dealkylation sites (tertiary alicyclic amines) is 2. The third-order valence-electron chi connectivity index (χ3n) is 6.47. The molecule has 0 spiro atoms. The zero-order valence-corrected chi connectivity index (χ0v) is 18.8. The number of hydrogen-bond acceptors (Lipinski definition) is 4. The predicted molar refractivity (Wildman–Crippen MR) is 122 cm³/mol. The van der Waals surface area contributed by atoms with Gasteiger partial charge in [0.15, 0.2) is 0 Å². The molecule has 0 saturated carbocycles. The van der Waals surface area contributed by atoms with Crippen LogP contribution in [0.4, 0.5) is 10.2 Å². The molecule has 4 rings (SSSR count). The van der Waals surface area contributed by atoms with Crippen LogP contribution in [0, 0.1) is 24.6 Å². The molecule has 7 nitrogen and oxygen atoms in total. The third kappa shape index (κ3) is 5.56. The first-order chi connectivity index (χ1) is 15.9. The molecular weight excluding hydrogens is 423 g/mol. The molecule has 174 valence electrons. The standard InChI is InChI=1S/C25H29FN4O3/c1-17-4-2-6-22(27-17)28-23(31)20-5-3-13-30(16-20)25(33)19-11-14-29(15-12-19)24(32)18-7-9-21(26)10-8-18/h2,4,6-10,19-20H,3,5,11-16H2,1H3,(H,27,28,31). The molecule has 1 aromatic carbocycles. The lowest BCUT2D eigenvalue weighted by Gasteiger charge is -2.37. The maximum atomic E-state index is 13.1. The van der Waals surface area contributed by atoms with Crippen molar-refractivity contribution in [2.24, 2.45) is 11.8 Å². The fourth-order valence-corrected chi connectivity index (χ4v) is 4.60. The number of halogens is 1. The summed E-state index contributed by atoms with van der Waals surface area (Å²) >= 11 is 0. The number of carbonyl (C=O) groups excluding carboxylic acids is 3. The van der Waals surface area contributed by atoms with Crippen LogP contribution in [0.2, 0.25) is 0 Å². The van der Waals surface area contributed by atoms with Gasteiger partial charge in [-0.25, -0.2) is 9.37 Å². The van der Waals surface area contributed by atoms with Gasteiger partial charge in [0.2, 0.25) is 11.8 Å². The second-order valence-electron chi connectivity index (χ2n) is 8.85. The number of carbonyl (C=O) groups is 3. The van der Waals surface area contributed by atoms with Crippen LogP contribution in [0.25, 0.3) is 0 Å². The number of pyridine rings is 1. The molecule has 2 aliphatic heterocycles. The van der Waals surface area contributed by atoms with Crippen LogP contribution in [0.15, 0.2) is 42.5 Å². The number of benzene rings is 1. The Hall–Kier alpha value is -3.29. The SMILES string of the molecule is Cc1cccc(NC(=O)C2CCCN(C(=O)C3CCN(C(=O)c4ccc(F)cc4)CC3)C2)n1. The van der Waals surface area contributed by atoms with Crippen molar-refractivity contribution < 1.29 is 18.8 Å². The van der Waals surface area contributed by atoms with E-state index in [4.69, 9.17) is 0 Å². The maximum absolute atomic E-state index is 13.1. The number of aryl methyl sites for hydroxylation is 1. The summed E-state index contributed by atoms with van der Waals surface area (Å²) in [5.41, 5.74) is 1.28. The highest BCUT2D eigenvalue weighted by atomic mass is 19.1. The molecule has 8 heteroatoms. The highest BCUT2D eigenvalue weighted by Crippen LogP contribution is 2.25. The Morgan fingerprint density at radius 3 is 2.36 bits per heavy atom. The number of amides is 3. The van der Waals surface area contributed by atoms with Crippen molar-refractivity contribution in [2.75, 3.05) is 31.5 Å². The van der Waals surface area contributed by atoms with Crippen LogP contribution in [0.5, 0.6) is 0 Å². The Morgan fingerprint density at radius 2 is 1.67 bits per heavy atom. The number of nitrogens with one attached hydrogen (secondary N) is 1. The van der Waals surface area contributed by atoms with E-state index < -0.39 is 0 Å². The topological polar surface area (TPSA) is 82.6 Å². The molecule has 0 bridgehead atoms. The van der Waals surface area contributed by atoms with Crippen molar-refractivity contribution in [3.63, 3.8) is 0 Å². The lowest BCUT2D eigenvalue weighted by atomic mass is 9.91. The van der Waals surface area contributed by atoms with Gasteiger partial charge >= 0.3 is 0 Å². The van der Waals surface area contributed by atoms with Crippen molar-refractivity contribution >= 4 is 23.5 Å². The van der Waals surface area contributed by atoms with Gasteiger partial charge in [-0.1, -0.05) is 6.07 Å². The van der Waals surface area contributed by atoms with E-state index in [1.54, 1.807) is 15.9 Å². The zero-order chi connectivity index (χ0) is 23.4. The maximum Gasteiger partial charge on any atom is 0.253 e. The average molecular weight is 453 g/mol. The van der Waals surface area contributed by atoms with Crippen molar-refractivity contribution in [3.05, 3.63) is 59.5 Å². The fourth-order valence-electron chi connectivity index (χ4n) is 4.60. The van der Waals surface area contributed by atoms with Gasteiger partial charge in [0.25, 0.3) is 5.91 Å². The minimum absolute atomic E-state index is 0.0649. The summed E-state index contributed by atoms with van der Waals surface area (Å²) in [7, 11) is 0. The number of nitrogens with zero attached hydrogens (tertiary/aromatic N) is 3. The number of piperidine rings is 2. The number of aromatic nitrogens is 1. The lowest BCUT2D eigenvalue weighted by molar-refractivity contribution is -0.139. The van der Waals surface area contributed by atoms with E-state index in [1.165, 1.54) is 24.3 Å². The van der Waals surface area contributed by atoms with Gasteiger partial charge in [-0.3, -0.25) is 14.4 Å². The summed E-state index contributed by atoms with van der Waals surface area (Å²) in [5, 5.41) is 2.87. The molecule has 3 heterocycles. The Morgan fingerprint density at radius 1 is 0.939 bits per heavy atom. The second-order valence-corrected chi connectivity index (χ2v) is 8.85. The van der Waals surface area contributed by atoms with E-state index in [0.717, 1.165) is 18.5 Å². The van der Waals surface area contributed by atoms with Gasteiger partial charge in [0, 0.05) is 43.4 Å². The van der Waals surface area contributed by atoms with E-state index in [0.29, 0.717) is 50.4 Å². The first-order valence-electron chi connectivity index (χ1n) is 11.5. The minimum atomic E-state index is -0.375. The molecule has 1 N–H and O–H groups in total. The van der Waals surface area contributed by atoms with Gasteiger partial charge in [0.1, 0.15) is 11.6 Å². The Balaban J connectivity index is 1.29. The summed E-state index contributed by atoms with van der Waals surface area (Å²) < 4.78 is 13.1. The summed E-state index contributed by atoms with van der Waals surface area (Å²) in [6.07, 6.45) is 2.71. The van der Waals surface area contributed by atoms with Crippen molar-refractivity contribution in [1.29, 1.82) is 0 Å². The minimum Gasteiger partial charge on any atom is -0.342 e. The van der Waals surface area contributed by atoms with E-state index in [2.05, 4.69) is 10.3 Å². The number of rotatable bonds is 4. The smallest absolute Gasteiger partial charge is 0.253 e. The van der Waals surface area contributed by atoms with Crippen LogP contribution >= 0.6 is 0 Å². The molecule has 0 aliphatic carbocycles. The largest absolute Gasteiger partial charge is 0.342 e. The molecule has 1 atom stereocenters. The highest BCUT2D eigenvalue weighted by molar-refractivity contribution is 5.94. The third-order valence-corrected chi connectivity index (χ3v) is 6.47. The second kappa shape index (κ2) is 10.1. The zero-order valence-electron chi connectivity index (χ0n) is 18.8. The summed E-state index contributed by atoms with van der Waals surface area (Å²) in [6.45, 7) is 3.91. The van der Waals surface area contributed by atoms with Crippen LogP contribution < -0.4 is 5.32 Å². The Bertz CT molecular complexity index is 1020. The average Bonchev–Trinajstić information content (AvgIpc) is 2.84. The molecule has 2 saturated heterocycles. The molecule has 2 aliphatic rings. The van der Waals surface area contributed by atoms with E-state index in [-0.39, 0.29) is 35.4 Å². The van der Waals surface area contributed by atoms with Gasteiger partial charge in [-0.2, -0.15) is 0 Å². The molecule has 1 unspecified atom stereocenters. The fraction of sp³-hybridized carbons (Fsp3) is 0.440. The number of hydrogen-bond donors (Lipinski definition) is 1. The Kier molecular flexibility index (Phi) is 7.01. The van der Waals surface area contributed by atoms with Gasteiger partial charge in [-0.05, 0) is 69.0 Å². The van der Waals surface area contributed by atoms with Crippen molar-refractivity contribution in [3.8, 4) is 0 Å². The van der Waals surface area contributed by atoms with E-state index in [9.17, 15) is 18.8 Å². The van der Waals surface area contributed by atoms with Crippen molar-refractivity contribution in [2.45, 2.75) is 32.6 Å². The summed E-state index contributed by atoms with van der Waals surface area (Å²) in [4.78, 5) is 46.4. The molecular formula is C25H29FN4O3. The lowest BCUT2D eigenvalue weighted by Crippen LogP contribution is -2.48. The van der Waals surface area contributed by atoms with Gasteiger partial charge in [0.05, 0.1) is 5.92 Å². The van der Waals surface area contributed by atoms with Crippen LogP contribution in [-0.4, -0.2) is 58.7 Å². The van der Waals surface area contributed by atoms with Crippen LogP contribution in [0.1, 0.15) is 41.7 Å². The molecule has 0 radical (unpaired) electrons. The Labute approximate surface area is 193 Å². The quantitative estimate of drug-likeness (QED) is 0.772. The van der Waals surface area contributed by atoms with Crippen molar-refractivity contribution in [1.82, 2.24) is 14.8 Å². The first kappa shape index (κ1) is 22.9. The molecule has 2 fully saturated rings. The summed E-state index contributed by atoms with van der Waals surface area (Å²) in [6, 6.07) is 11.0. The molecule has 33 heavy (non-hydrogen) atoms. The normalized spacial score (nSPS) is 19.3. The molecule has 1 aromatic heterocycles. The first-order valence-corrected chi connectivity index (χ1v) is 11.5. The van der Waals surface area contributed by atoms with E-state index in [1.807, 2.05) is 19.1 Å². The van der Waals surface area contributed by atoms with Crippen LogP contribution in [0.3, 0.4) is 0 Å². The van der Waals surface area contributed by atoms with Gasteiger partial charge in [-0.15, -0.1) is 0 Å². The number of anilines is 1. The monoisotopic (exact) mass is 452 g/mol. The molecule has 2 aromatic rings.